The molecule has 2 aromatic carbocycles. The quantitative estimate of drug-likeness (QED) is 0.350. The molecule has 0 spiro atoms. The van der Waals surface area contributed by atoms with Crippen LogP contribution in [-0.2, 0) is 20.7 Å². The van der Waals surface area contributed by atoms with Gasteiger partial charge in [-0.05, 0) is 61.4 Å². The largest absolute Gasteiger partial charge is 0.493 e. The molecule has 2 aromatic rings. The van der Waals surface area contributed by atoms with E-state index < -0.39 is 5.92 Å². The molecule has 2 heterocycles. The molecule has 2 N–H and O–H groups in total. The molecule has 4 rings (SSSR count). The Kier molecular flexibility index (Phi) is 11.0. The number of benzene rings is 2. The van der Waals surface area contributed by atoms with Crippen molar-refractivity contribution in [3.05, 3.63) is 59.2 Å². The van der Waals surface area contributed by atoms with E-state index in [9.17, 15) is 14.4 Å². The third-order valence-corrected chi connectivity index (χ3v) is 8.42. The van der Waals surface area contributed by atoms with Crippen LogP contribution in [0.4, 0.5) is 5.69 Å². The number of para-hydroxylation sites is 1. The first-order valence-corrected chi connectivity index (χ1v) is 15.1. The van der Waals surface area contributed by atoms with Crippen LogP contribution < -0.4 is 15.4 Å². The van der Waals surface area contributed by atoms with Gasteiger partial charge >= 0.3 is 0 Å². The van der Waals surface area contributed by atoms with Crippen molar-refractivity contribution in [2.75, 3.05) is 58.9 Å². The number of methoxy groups -OCH3 is 1. The number of ether oxygens (including phenoxy) is 2. The van der Waals surface area contributed by atoms with Crippen molar-refractivity contribution in [3.8, 4) is 5.75 Å². The first-order valence-electron chi connectivity index (χ1n) is 15.1. The number of carbonyl (C=O) groups is 3. The number of carbonyl (C=O) groups excluding carboxylic acids is 3. The third-order valence-electron chi connectivity index (χ3n) is 8.42. The normalized spacial score (nSPS) is 19.8. The van der Waals surface area contributed by atoms with Crippen LogP contribution in [0.5, 0.6) is 5.75 Å². The van der Waals surface area contributed by atoms with E-state index in [1.165, 1.54) is 0 Å². The molecular weight excluding hydrogens is 532 g/mol. The van der Waals surface area contributed by atoms with E-state index in [4.69, 9.17) is 9.47 Å². The van der Waals surface area contributed by atoms with E-state index in [1.807, 2.05) is 68.3 Å². The summed E-state index contributed by atoms with van der Waals surface area (Å²) in [7, 11) is 3.50. The summed E-state index contributed by atoms with van der Waals surface area (Å²) >= 11 is 0. The van der Waals surface area contributed by atoms with Crippen LogP contribution in [0, 0.1) is 11.8 Å². The molecule has 42 heavy (non-hydrogen) atoms. The Balaban J connectivity index is 1.43. The van der Waals surface area contributed by atoms with E-state index >= 15 is 0 Å². The van der Waals surface area contributed by atoms with E-state index in [-0.39, 0.29) is 42.0 Å². The van der Waals surface area contributed by atoms with Crippen molar-refractivity contribution in [2.45, 2.75) is 52.0 Å². The van der Waals surface area contributed by atoms with Gasteiger partial charge in [-0.25, -0.2) is 0 Å². The first kappa shape index (κ1) is 31.5. The summed E-state index contributed by atoms with van der Waals surface area (Å²) in [4.78, 5) is 43.4. The number of hydrogen-bond acceptors (Lipinski definition) is 6. The molecule has 228 valence electrons. The van der Waals surface area contributed by atoms with E-state index in [0.29, 0.717) is 37.6 Å². The van der Waals surface area contributed by atoms with Gasteiger partial charge in [0.2, 0.25) is 11.8 Å². The topological polar surface area (TPSA) is 100 Å². The Morgan fingerprint density at radius 2 is 1.79 bits per heavy atom. The maximum atomic E-state index is 13.8. The van der Waals surface area contributed by atoms with Crippen molar-refractivity contribution in [1.29, 1.82) is 0 Å². The van der Waals surface area contributed by atoms with Gasteiger partial charge in [0.25, 0.3) is 5.91 Å². The Labute approximate surface area is 249 Å². The summed E-state index contributed by atoms with van der Waals surface area (Å²) in [6.45, 7) is 10.0. The minimum Gasteiger partial charge on any atom is -0.493 e. The molecule has 1 saturated heterocycles. The smallest absolute Gasteiger partial charge is 0.254 e. The molecule has 3 atom stereocenters. The van der Waals surface area contributed by atoms with E-state index in [1.54, 1.807) is 12.0 Å². The summed E-state index contributed by atoms with van der Waals surface area (Å²) in [5, 5.41) is 6.35. The number of aryl methyl sites for hydroxylation is 1. The van der Waals surface area contributed by atoms with Gasteiger partial charge in [0.15, 0.2) is 0 Å². The highest BCUT2D eigenvalue weighted by atomic mass is 16.5. The summed E-state index contributed by atoms with van der Waals surface area (Å²) in [5.74, 6) is 0.432. The molecule has 1 unspecified atom stereocenters. The average Bonchev–Trinajstić information content (AvgIpc) is 3.42. The zero-order chi connectivity index (χ0) is 30.2. The van der Waals surface area contributed by atoms with Crippen LogP contribution in [0.15, 0.2) is 42.5 Å². The van der Waals surface area contributed by atoms with Gasteiger partial charge in [-0.15, -0.1) is 0 Å². The van der Waals surface area contributed by atoms with Crippen molar-refractivity contribution in [1.82, 2.24) is 15.1 Å². The number of rotatable bonds is 13. The number of nitrogens with zero attached hydrogens (tertiary/aromatic N) is 2. The van der Waals surface area contributed by atoms with Crippen molar-refractivity contribution in [3.63, 3.8) is 0 Å². The zero-order valence-electron chi connectivity index (χ0n) is 25.7. The second kappa shape index (κ2) is 14.6. The molecule has 2 aliphatic rings. The molecular formula is C33H46N4O5. The Bertz CT molecular complexity index is 1250. The molecule has 1 fully saturated rings. The van der Waals surface area contributed by atoms with Crippen LogP contribution in [0.2, 0.25) is 0 Å². The van der Waals surface area contributed by atoms with Crippen LogP contribution in [0.3, 0.4) is 0 Å². The van der Waals surface area contributed by atoms with Crippen LogP contribution in [0.1, 0.15) is 61.0 Å². The molecule has 0 bridgehead atoms. The summed E-state index contributed by atoms with van der Waals surface area (Å²) < 4.78 is 11.2. The van der Waals surface area contributed by atoms with Crippen molar-refractivity contribution in [2.24, 2.45) is 11.8 Å². The minimum absolute atomic E-state index is 0.00675. The Hall–Kier alpha value is -3.43. The molecule has 2 aliphatic heterocycles. The fraction of sp³-hybridized carbons (Fsp3) is 0.545. The van der Waals surface area contributed by atoms with E-state index in [2.05, 4.69) is 17.6 Å². The number of likely N-dealkylation sites (N-methyl/N-ethyl adjacent to an activating group) is 1. The van der Waals surface area contributed by atoms with E-state index in [0.717, 1.165) is 42.8 Å². The first-order chi connectivity index (χ1) is 20.2. The summed E-state index contributed by atoms with van der Waals surface area (Å²) in [6.07, 6.45) is 1.75. The molecule has 9 heteroatoms. The number of hydrogen-bond donors (Lipinski definition) is 2. The molecule has 0 radical (unpaired) electrons. The lowest BCUT2D eigenvalue weighted by Crippen LogP contribution is -2.44. The summed E-state index contributed by atoms with van der Waals surface area (Å²) in [6, 6.07) is 13.3. The highest BCUT2D eigenvalue weighted by Gasteiger charge is 2.36. The monoisotopic (exact) mass is 578 g/mol. The fourth-order valence-corrected chi connectivity index (χ4v) is 6.00. The fourth-order valence-electron chi connectivity index (χ4n) is 6.00. The maximum absolute atomic E-state index is 13.8. The van der Waals surface area contributed by atoms with Crippen LogP contribution in [0.25, 0.3) is 0 Å². The standard InChI is InChI=1S/C33H46N4O5/c1-6-23-12-13-24(16-30(23)42-15-9-14-41-5)32(39)37(22(2)3)21-26-19-34-18-25(26)20-36(4)33(40)28-17-31(38)35-29-11-8-7-10-27(28)29/h7-8,10-13,16,22,25-26,28,34H,6,9,14-15,17-21H2,1-5H3,(H,35,38)/t25-,26-,28?/m0/s1. The second-order valence-electron chi connectivity index (χ2n) is 11.7. The number of anilines is 1. The molecule has 9 nitrogen and oxygen atoms in total. The molecule has 0 saturated carbocycles. The van der Waals surface area contributed by atoms with Crippen molar-refractivity contribution >= 4 is 23.4 Å². The lowest BCUT2D eigenvalue weighted by atomic mass is 9.88. The maximum Gasteiger partial charge on any atom is 0.254 e. The SMILES string of the molecule is CCc1ccc(C(=O)N(C[C@@H]2CNC[C@H]2CN(C)C(=O)C2CC(=O)Nc3ccccc32)C(C)C)cc1OCCCOC. The minimum atomic E-state index is -0.487. The third kappa shape index (κ3) is 7.50. The number of fused-ring (bicyclic) bond motifs is 1. The van der Waals surface area contributed by atoms with Gasteiger partial charge < -0.3 is 29.9 Å². The highest BCUT2D eigenvalue weighted by Crippen LogP contribution is 2.34. The van der Waals surface area contributed by atoms with Crippen LogP contribution >= 0.6 is 0 Å². The predicted octanol–water partition coefficient (Wildman–Crippen LogP) is 3.93. The number of amides is 3. The highest BCUT2D eigenvalue weighted by molar-refractivity contribution is 6.01. The average molecular weight is 579 g/mol. The van der Waals surface area contributed by atoms with Gasteiger partial charge in [-0.3, -0.25) is 14.4 Å². The van der Waals surface area contributed by atoms with Gasteiger partial charge in [-0.1, -0.05) is 31.2 Å². The predicted molar refractivity (Wildman–Crippen MR) is 164 cm³/mol. The Morgan fingerprint density at radius 1 is 1.05 bits per heavy atom. The van der Waals surface area contributed by atoms with Gasteiger partial charge in [0, 0.05) is 77.1 Å². The molecule has 0 aromatic heterocycles. The Morgan fingerprint density at radius 3 is 2.50 bits per heavy atom. The van der Waals surface area contributed by atoms with Gasteiger partial charge in [0.1, 0.15) is 5.75 Å². The number of nitrogens with one attached hydrogen (secondary N) is 2. The summed E-state index contributed by atoms with van der Waals surface area (Å²) in [5.41, 5.74) is 3.27. The van der Waals surface area contributed by atoms with Crippen LogP contribution in [-0.4, -0.2) is 87.1 Å². The molecule has 0 aliphatic carbocycles. The van der Waals surface area contributed by atoms with Crippen molar-refractivity contribution < 1.29 is 23.9 Å². The van der Waals surface area contributed by atoms with Gasteiger partial charge in [-0.2, -0.15) is 0 Å². The lowest BCUT2D eigenvalue weighted by Gasteiger charge is -2.34. The van der Waals surface area contributed by atoms with Gasteiger partial charge in [0.05, 0.1) is 12.5 Å². The molecule has 3 amide bonds. The second-order valence-corrected chi connectivity index (χ2v) is 11.7. The lowest BCUT2D eigenvalue weighted by molar-refractivity contribution is -0.134. The zero-order valence-corrected chi connectivity index (χ0v) is 25.7.